The van der Waals surface area contributed by atoms with E-state index in [-0.39, 0.29) is 6.04 Å². The number of ether oxygens (including phenoxy) is 2. The fourth-order valence-electron chi connectivity index (χ4n) is 4.38. The SMILES string of the molecule is CCOCCOc1cccc2c1NC(c1ccc(N(C)C)cc1)C1CC=CC21. The zero-order chi connectivity index (χ0) is 19.5. The third-order valence-corrected chi connectivity index (χ3v) is 5.82. The Morgan fingerprint density at radius 1 is 1.07 bits per heavy atom. The molecule has 0 saturated heterocycles. The molecule has 3 atom stereocenters. The molecule has 0 bridgehead atoms. The van der Waals surface area contributed by atoms with E-state index in [1.54, 1.807) is 0 Å². The third kappa shape index (κ3) is 3.61. The summed E-state index contributed by atoms with van der Waals surface area (Å²) in [4.78, 5) is 2.14. The van der Waals surface area contributed by atoms with Gasteiger partial charge in [-0.3, -0.25) is 0 Å². The standard InChI is InChI=1S/C24H30N2O2/c1-4-27-15-16-28-22-10-6-9-21-19-7-5-8-20(19)23(25-24(21)22)17-11-13-18(14-12-17)26(2)3/h5-7,9-14,19-20,23,25H,4,8,15-16H2,1-3H3. The number of hydrogen-bond acceptors (Lipinski definition) is 4. The van der Waals surface area contributed by atoms with Gasteiger partial charge in [0.1, 0.15) is 12.4 Å². The molecule has 1 N–H and O–H groups in total. The summed E-state index contributed by atoms with van der Waals surface area (Å²) in [5.74, 6) is 1.90. The highest BCUT2D eigenvalue weighted by Crippen LogP contribution is 2.52. The van der Waals surface area contributed by atoms with Crippen LogP contribution in [0.3, 0.4) is 0 Å². The van der Waals surface area contributed by atoms with Gasteiger partial charge < -0.3 is 19.7 Å². The van der Waals surface area contributed by atoms with Gasteiger partial charge in [0.25, 0.3) is 0 Å². The molecule has 1 heterocycles. The first-order valence-electron chi connectivity index (χ1n) is 10.2. The van der Waals surface area contributed by atoms with E-state index in [0.29, 0.717) is 31.7 Å². The van der Waals surface area contributed by atoms with Gasteiger partial charge in [-0.15, -0.1) is 0 Å². The summed E-state index contributed by atoms with van der Waals surface area (Å²) in [5, 5.41) is 3.82. The lowest BCUT2D eigenvalue weighted by molar-refractivity contribution is 0.110. The van der Waals surface area contributed by atoms with E-state index in [1.165, 1.54) is 16.8 Å². The van der Waals surface area contributed by atoms with Gasteiger partial charge in [0.05, 0.1) is 18.3 Å². The quantitative estimate of drug-likeness (QED) is 0.543. The number of rotatable bonds is 7. The molecule has 28 heavy (non-hydrogen) atoms. The van der Waals surface area contributed by atoms with Gasteiger partial charge in [0, 0.05) is 32.3 Å². The maximum atomic E-state index is 6.07. The summed E-state index contributed by atoms with van der Waals surface area (Å²) in [6.45, 7) is 3.90. The van der Waals surface area contributed by atoms with Gasteiger partial charge in [-0.05, 0) is 48.6 Å². The van der Waals surface area contributed by atoms with Crippen molar-refractivity contribution < 1.29 is 9.47 Å². The van der Waals surface area contributed by atoms with Crippen LogP contribution in [-0.4, -0.2) is 33.9 Å². The van der Waals surface area contributed by atoms with Crippen molar-refractivity contribution in [3.63, 3.8) is 0 Å². The van der Waals surface area contributed by atoms with Crippen LogP contribution in [0, 0.1) is 5.92 Å². The minimum absolute atomic E-state index is 0.278. The van der Waals surface area contributed by atoms with Gasteiger partial charge >= 0.3 is 0 Å². The van der Waals surface area contributed by atoms with Gasteiger partial charge in [0.15, 0.2) is 0 Å². The largest absolute Gasteiger partial charge is 0.489 e. The normalized spacial score (nSPS) is 22.3. The summed E-state index contributed by atoms with van der Waals surface area (Å²) in [6.07, 6.45) is 5.80. The molecule has 4 rings (SSSR count). The highest BCUT2D eigenvalue weighted by Gasteiger charge is 2.38. The summed E-state index contributed by atoms with van der Waals surface area (Å²) >= 11 is 0. The summed E-state index contributed by atoms with van der Waals surface area (Å²) in [7, 11) is 4.15. The first-order valence-corrected chi connectivity index (χ1v) is 10.2. The Bertz CT molecular complexity index is 829. The Hall–Kier alpha value is -2.46. The van der Waals surface area contributed by atoms with E-state index in [1.807, 2.05) is 6.92 Å². The predicted molar refractivity (Wildman–Crippen MR) is 116 cm³/mol. The number of hydrogen-bond donors (Lipinski definition) is 1. The van der Waals surface area contributed by atoms with Crippen LogP contribution in [0.15, 0.2) is 54.6 Å². The number of nitrogens with one attached hydrogen (secondary N) is 1. The average molecular weight is 379 g/mol. The molecule has 0 radical (unpaired) electrons. The molecule has 2 aromatic rings. The molecule has 2 aromatic carbocycles. The zero-order valence-corrected chi connectivity index (χ0v) is 17.0. The first-order chi connectivity index (χ1) is 13.7. The molecule has 4 nitrogen and oxygen atoms in total. The van der Waals surface area contributed by atoms with E-state index in [0.717, 1.165) is 17.9 Å². The lowest BCUT2D eigenvalue weighted by Gasteiger charge is -2.38. The highest BCUT2D eigenvalue weighted by molar-refractivity contribution is 5.68. The maximum absolute atomic E-state index is 6.07. The summed E-state index contributed by atoms with van der Waals surface area (Å²) in [5.41, 5.74) is 5.03. The second kappa shape index (κ2) is 8.27. The molecule has 0 amide bonds. The molecule has 0 spiro atoms. The van der Waals surface area contributed by atoms with E-state index in [2.05, 4.69) is 78.9 Å². The summed E-state index contributed by atoms with van der Waals surface area (Å²) in [6, 6.07) is 15.6. The molecule has 1 aliphatic heterocycles. The molecule has 1 aliphatic carbocycles. The summed E-state index contributed by atoms with van der Waals surface area (Å²) < 4.78 is 11.5. The van der Waals surface area contributed by atoms with Gasteiger partial charge in [-0.1, -0.05) is 36.4 Å². The second-order valence-corrected chi connectivity index (χ2v) is 7.73. The van der Waals surface area contributed by atoms with Crippen molar-refractivity contribution in [2.45, 2.75) is 25.3 Å². The molecular weight excluding hydrogens is 348 g/mol. The number of fused-ring (bicyclic) bond motifs is 3. The maximum Gasteiger partial charge on any atom is 0.142 e. The number of benzene rings is 2. The smallest absolute Gasteiger partial charge is 0.142 e. The molecule has 0 fully saturated rings. The van der Waals surface area contributed by atoms with Crippen molar-refractivity contribution >= 4 is 11.4 Å². The van der Waals surface area contributed by atoms with Crippen LogP contribution in [0.1, 0.15) is 36.4 Å². The molecule has 0 saturated carbocycles. The number of para-hydroxylation sites is 1. The monoisotopic (exact) mass is 378 g/mol. The van der Waals surface area contributed by atoms with Crippen LogP contribution in [0.25, 0.3) is 0 Å². The van der Waals surface area contributed by atoms with E-state index in [9.17, 15) is 0 Å². The zero-order valence-electron chi connectivity index (χ0n) is 17.0. The van der Waals surface area contributed by atoms with Crippen LogP contribution in [0.5, 0.6) is 5.75 Å². The Morgan fingerprint density at radius 2 is 1.89 bits per heavy atom. The topological polar surface area (TPSA) is 33.7 Å². The fourth-order valence-corrected chi connectivity index (χ4v) is 4.38. The van der Waals surface area contributed by atoms with Gasteiger partial charge in [-0.25, -0.2) is 0 Å². The molecule has 0 aromatic heterocycles. The first kappa shape index (κ1) is 18.9. The lowest BCUT2D eigenvalue weighted by atomic mass is 9.77. The van der Waals surface area contributed by atoms with Crippen molar-refractivity contribution in [2.24, 2.45) is 5.92 Å². The van der Waals surface area contributed by atoms with Crippen molar-refractivity contribution in [1.29, 1.82) is 0 Å². The van der Waals surface area contributed by atoms with Crippen LogP contribution in [0.4, 0.5) is 11.4 Å². The predicted octanol–water partition coefficient (Wildman–Crippen LogP) is 4.99. The van der Waals surface area contributed by atoms with Crippen LogP contribution < -0.4 is 15.0 Å². The molecular formula is C24H30N2O2. The van der Waals surface area contributed by atoms with E-state index < -0.39 is 0 Å². The minimum Gasteiger partial charge on any atom is -0.489 e. The van der Waals surface area contributed by atoms with Crippen molar-refractivity contribution in [2.75, 3.05) is 44.1 Å². The van der Waals surface area contributed by atoms with Crippen LogP contribution >= 0.6 is 0 Å². The van der Waals surface area contributed by atoms with Crippen LogP contribution in [0.2, 0.25) is 0 Å². The number of allylic oxidation sites excluding steroid dienone is 2. The average Bonchev–Trinajstić information content (AvgIpc) is 3.21. The van der Waals surface area contributed by atoms with Crippen molar-refractivity contribution in [1.82, 2.24) is 0 Å². The Kier molecular flexibility index (Phi) is 5.58. The molecule has 3 unspecified atom stereocenters. The lowest BCUT2D eigenvalue weighted by Crippen LogP contribution is -2.29. The highest BCUT2D eigenvalue weighted by atomic mass is 16.5. The Labute approximate surface area is 168 Å². The van der Waals surface area contributed by atoms with E-state index >= 15 is 0 Å². The number of nitrogens with zero attached hydrogens (tertiary/aromatic N) is 1. The number of anilines is 2. The van der Waals surface area contributed by atoms with Crippen molar-refractivity contribution in [3.05, 3.63) is 65.7 Å². The fraction of sp³-hybridized carbons (Fsp3) is 0.417. The van der Waals surface area contributed by atoms with Gasteiger partial charge in [-0.2, -0.15) is 0 Å². The van der Waals surface area contributed by atoms with Crippen LogP contribution in [-0.2, 0) is 4.74 Å². The second-order valence-electron chi connectivity index (χ2n) is 7.73. The molecule has 4 heteroatoms. The Balaban J connectivity index is 1.62. The Morgan fingerprint density at radius 3 is 2.64 bits per heavy atom. The van der Waals surface area contributed by atoms with Gasteiger partial charge in [0.2, 0.25) is 0 Å². The van der Waals surface area contributed by atoms with Crippen molar-refractivity contribution in [3.8, 4) is 5.75 Å². The molecule has 148 valence electrons. The third-order valence-electron chi connectivity index (χ3n) is 5.82. The molecule has 2 aliphatic rings. The minimum atomic E-state index is 0.278. The van der Waals surface area contributed by atoms with E-state index in [4.69, 9.17) is 9.47 Å².